The van der Waals surface area contributed by atoms with Gasteiger partial charge in [0.05, 0.1) is 12.3 Å². The number of ether oxygens (including phenoxy) is 2. The first kappa shape index (κ1) is 25.9. The number of rotatable bonds is 10. The topological polar surface area (TPSA) is 36.3 Å². The minimum atomic E-state index is -0.423. The van der Waals surface area contributed by atoms with Crippen LogP contribution in [-0.2, 0) is 22.9 Å². The van der Waals surface area contributed by atoms with Crippen LogP contribution in [0.4, 0.5) is 0 Å². The van der Waals surface area contributed by atoms with Gasteiger partial charge < -0.3 is 14.0 Å². The van der Waals surface area contributed by atoms with Gasteiger partial charge in [-0.3, -0.25) is 0 Å². The Morgan fingerprint density at radius 3 is 2.25 bits per heavy atom. The van der Waals surface area contributed by atoms with Crippen LogP contribution in [0.3, 0.4) is 0 Å². The first-order chi connectivity index (χ1) is 15.3. The number of hydrogen-bond donors (Lipinski definition) is 0. The van der Waals surface area contributed by atoms with Gasteiger partial charge in [0.25, 0.3) is 0 Å². The van der Waals surface area contributed by atoms with E-state index in [0.717, 1.165) is 53.7 Å². The van der Waals surface area contributed by atoms with E-state index in [1.54, 1.807) is 17.8 Å². The largest absolute Gasteiger partial charge is 0.350 e. The summed E-state index contributed by atoms with van der Waals surface area (Å²) in [5, 5.41) is 2.41. The Kier molecular flexibility index (Phi) is 9.81. The molecule has 4 nitrogen and oxygen atoms in total. The average Bonchev–Trinajstić information content (AvgIpc) is 2.90. The second-order valence-electron chi connectivity index (χ2n) is 8.91. The quantitative estimate of drug-likeness (QED) is 0.245. The smallest absolute Gasteiger partial charge is 0.168 e. The van der Waals surface area contributed by atoms with Crippen LogP contribution in [-0.4, -0.2) is 28.6 Å². The number of benzene rings is 1. The Labute approximate surface area is 207 Å². The molecule has 1 aliphatic rings. The van der Waals surface area contributed by atoms with Crippen molar-refractivity contribution in [3.63, 3.8) is 0 Å². The highest BCUT2D eigenvalue weighted by molar-refractivity contribution is 7.99. The van der Waals surface area contributed by atoms with E-state index in [2.05, 4.69) is 32.4 Å². The lowest BCUT2D eigenvalue weighted by molar-refractivity contribution is -0.243. The molecule has 0 bridgehead atoms. The molecule has 2 aromatic rings. The zero-order valence-corrected chi connectivity index (χ0v) is 22.1. The molecule has 32 heavy (non-hydrogen) atoms. The summed E-state index contributed by atoms with van der Waals surface area (Å²) in [6, 6.07) is 5.64. The van der Waals surface area contributed by atoms with Crippen LogP contribution in [0.1, 0.15) is 83.2 Å². The van der Waals surface area contributed by atoms with Crippen molar-refractivity contribution in [3.8, 4) is 0 Å². The highest BCUT2D eigenvalue weighted by Gasteiger charge is 2.32. The Morgan fingerprint density at radius 1 is 1.03 bits per heavy atom. The molecule has 1 heterocycles. The summed E-state index contributed by atoms with van der Waals surface area (Å²) in [4.78, 5) is 6.01. The number of halogens is 2. The maximum atomic E-state index is 6.45. The first-order valence-corrected chi connectivity index (χ1v) is 13.4. The van der Waals surface area contributed by atoms with E-state index >= 15 is 0 Å². The van der Waals surface area contributed by atoms with Crippen LogP contribution in [0, 0.1) is 0 Å². The van der Waals surface area contributed by atoms with Crippen LogP contribution < -0.4 is 0 Å². The number of nitrogens with zero attached hydrogens (tertiary/aromatic N) is 2. The summed E-state index contributed by atoms with van der Waals surface area (Å²) in [7, 11) is 2.08. The van der Waals surface area contributed by atoms with Gasteiger partial charge in [0.2, 0.25) is 0 Å². The van der Waals surface area contributed by atoms with Crippen LogP contribution in [0.2, 0.25) is 10.0 Å². The van der Waals surface area contributed by atoms with Gasteiger partial charge in [-0.15, -0.1) is 0 Å². The van der Waals surface area contributed by atoms with Gasteiger partial charge in [0, 0.05) is 47.9 Å². The zero-order valence-electron chi connectivity index (χ0n) is 19.8. The summed E-state index contributed by atoms with van der Waals surface area (Å²) >= 11 is 14.1. The minimum absolute atomic E-state index is 0.314. The SMILES string of the molecule is CCCOC1(OCCc2nc(C(C)C)c(Sc3cc(Cl)cc(Cl)c3)n2C)CCCCCC1. The predicted octanol–water partition coefficient (Wildman–Crippen LogP) is 8.04. The number of hydrogen-bond acceptors (Lipinski definition) is 4. The third-order valence-electron chi connectivity index (χ3n) is 5.88. The first-order valence-electron chi connectivity index (χ1n) is 11.8. The predicted molar refractivity (Wildman–Crippen MR) is 134 cm³/mol. The van der Waals surface area contributed by atoms with Gasteiger partial charge >= 0.3 is 0 Å². The average molecular weight is 500 g/mol. The Balaban J connectivity index is 1.74. The van der Waals surface area contributed by atoms with Gasteiger partial charge in [-0.25, -0.2) is 4.98 Å². The van der Waals surface area contributed by atoms with Crippen LogP contribution in [0.25, 0.3) is 0 Å². The molecule has 1 fully saturated rings. The van der Waals surface area contributed by atoms with Crippen LogP contribution >= 0.6 is 35.0 Å². The third kappa shape index (κ3) is 6.89. The highest BCUT2D eigenvalue weighted by Crippen LogP contribution is 2.37. The van der Waals surface area contributed by atoms with Crippen LogP contribution in [0.5, 0.6) is 0 Å². The molecule has 0 N–H and O–H groups in total. The van der Waals surface area contributed by atoms with E-state index in [0.29, 0.717) is 22.6 Å². The molecule has 0 aliphatic heterocycles. The monoisotopic (exact) mass is 498 g/mol. The Bertz CT molecular complexity index is 857. The summed E-state index contributed by atoms with van der Waals surface area (Å²) in [5.74, 6) is 0.922. The number of imidazole rings is 1. The molecule has 1 aromatic heterocycles. The normalized spacial score (nSPS) is 16.5. The van der Waals surface area contributed by atoms with Gasteiger partial charge in [0.15, 0.2) is 5.79 Å². The van der Waals surface area contributed by atoms with Gasteiger partial charge in [-0.2, -0.15) is 0 Å². The summed E-state index contributed by atoms with van der Waals surface area (Å²) < 4.78 is 14.9. The van der Waals surface area contributed by atoms with Gasteiger partial charge in [-0.05, 0) is 43.4 Å². The molecule has 7 heteroatoms. The van der Waals surface area contributed by atoms with E-state index in [1.165, 1.54) is 25.7 Å². The fourth-order valence-corrected chi connectivity index (χ4v) is 6.06. The van der Waals surface area contributed by atoms with Crippen LogP contribution in [0.15, 0.2) is 28.1 Å². The maximum absolute atomic E-state index is 6.45. The molecule has 0 unspecified atom stereocenters. The fraction of sp³-hybridized carbons (Fsp3) is 0.640. The Hall–Kier alpha value is -0.720. The van der Waals surface area contributed by atoms with Crippen molar-refractivity contribution in [1.82, 2.24) is 9.55 Å². The van der Waals surface area contributed by atoms with E-state index in [-0.39, 0.29) is 0 Å². The van der Waals surface area contributed by atoms with Gasteiger partial charge in [0.1, 0.15) is 10.9 Å². The van der Waals surface area contributed by atoms with E-state index in [4.69, 9.17) is 37.7 Å². The van der Waals surface area contributed by atoms with E-state index < -0.39 is 5.79 Å². The van der Waals surface area contributed by atoms with Crippen molar-refractivity contribution in [2.45, 2.75) is 93.8 Å². The molecule has 1 aliphatic carbocycles. The summed E-state index contributed by atoms with van der Waals surface area (Å²) in [6.45, 7) is 7.87. The lowest BCUT2D eigenvalue weighted by Crippen LogP contribution is -2.36. The highest BCUT2D eigenvalue weighted by atomic mass is 35.5. The van der Waals surface area contributed by atoms with Crippen molar-refractivity contribution < 1.29 is 9.47 Å². The molecule has 0 atom stereocenters. The molecule has 0 spiro atoms. The molecule has 1 saturated carbocycles. The van der Waals surface area contributed by atoms with E-state index in [9.17, 15) is 0 Å². The van der Waals surface area contributed by atoms with E-state index in [1.807, 2.05) is 12.1 Å². The Morgan fingerprint density at radius 2 is 1.66 bits per heavy atom. The molecule has 0 saturated heterocycles. The zero-order chi connectivity index (χ0) is 23.1. The number of aromatic nitrogens is 2. The van der Waals surface area contributed by atoms with Crippen molar-refractivity contribution >= 4 is 35.0 Å². The van der Waals surface area contributed by atoms with Gasteiger partial charge in [-0.1, -0.05) is 68.6 Å². The lowest BCUT2D eigenvalue weighted by Gasteiger charge is -2.33. The maximum Gasteiger partial charge on any atom is 0.168 e. The summed E-state index contributed by atoms with van der Waals surface area (Å²) in [5.41, 5.74) is 1.09. The lowest BCUT2D eigenvalue weighted by atomic mass is 10.1. The molecular formula is C25H36Cl2N2O2S. The minimum Gasteiger partial charge on any atom is -0.350 e. The molecule has 1 aromatic carbocycles. The van der Waals surface area contributed by atoms with Crippen molar-refractivity contribution in [1.29, 1.82) is 0 Å². The molecule has 0 radical (unpaired) electrons. The second kappa shape index (κ2) is 12.1. The molecule has 3 rings (SSSR count). The summed E-state index contributed by atoms with van der Waals surface area (Å²) in [6.07, 6.45) is 8.63. The molecular weight excluding hydrogens is 463 g/mol. The molecule has 178 valence electrons. The fourth-order valence-electron chi connectivity index (χ4n) is 4.18. The van der Waals surface area contributed by atoms with Crippen molar-refractivity contribution in [2.75, 3.05) is 13.2 Å². The van der Waals surface area contributed by atoms with Crippen molar-refractivity contribution in [3.05, 3.63) is 39.8 Å². The van der Waals surface area contributed by atoms with Crippen molar-refractivity contribution in [2.24, 2.45) is 7.05 Å². The standard InChI is InChI=1S/C25H36Cl2N2O2S/c1-5-13-30-25(11-8-6-7-9-12-25)31-14-10-22-28-23(18(2)3)24(29(22)4)32-21-16-19(26)15-20(27)17-21/h15-18H,5-14H2,1-4H3. The molecule has 0 amide bonds. The second-order valence-corrected chi connectivity index (χ2v) is 10.8. The third-order valence-corrected chi connectivity index (χ3v) is 7.47.